The summed E-state index contributed by atoms with van der Waals surface area (Å²) in [6, 6.07) is 0. The molecular weight excluding hydrogens is 713 g/mol. The summed E-state index contributed by atoms with van der Waals surface area (Å²) in [5, 5.41) is 7.20. The Morgan fingerprint density at radius 2 is 0.720 bits per heavy atom. The van der Waals surface area contributed by atoms with Gasteiger partial charge in [-0.2, -0.15) is 0 Å². The second-order valence-electron chi connectivity index (χ2n) is 26.2. The van der Waals surface area contributed by atoms with Gasteiger partial charge in [0, 0.05) is 7.41 Å². The van der Waals surface area contributed by atoms with E-state index in [1.807, 2.05) is 0 Å². The van der Waals surface area contributed by atoms with Crippen LogP contribution in [0.15, 0.2) is 10.4 Å². The Morgan fingerprint density at radius 1 is 0.420 bits per heavy atom. The molecular formula is C43H96Si7. The highest BCUT2D eigenvalue weighted by atomic mass is 30.0. The van der Waals surface area contributed by atoms with Crippen LogP contribution in [0.5, 0.6) is 0 Å². The quantitative estimate of drug-likeness (QED) is 0.225. The van der Waals surface area contributed by atoms with Gasteiger partial charge in [0.1, 0.15) is 0 Å². The fourth-order valence-corrected chi connectivity index (χ4v) is 208. The molecule has 1 heterocycles. The van der Waals surface area contributed by atoms with Crippen LogP contribution in [0.25, 0.3) is 0 Å². The van der Waals surface area contributed by atoms with Crippen molar-refractivity contribution in [2.24, 2.45) is 0 Å². The molecule has 0 fully saturated rings. The average molecular weight is 810 g/mol. The SMILES string of the molecule is CCC1=C(CC)[Si@](C[Si](C)(C(C)(C)C)C(C)(C)C)([Si](C)(C(C)(C)C)C(C)(C)C)[Si]([Si](C)(C(C)(C)C)C(C)(C)C)=[Si]1[Si](C)(C(C)(C)C)C(C)(C)C. The molecule has 50 heavy (non-hydrogen) atoms. The Bertz CT molecular complexity index is 1250. The summed E-state index contributed by atoms with van der Waals surface area (Å²) in [5.74, 6) is 0. The van der Waals surface area contributed by atoms with Gasteiger partial charge in [0.05, 0.1) is 38.0 Å². The van der Waals surface area contributed by atoms with E-state index in [2.05, 4.69) is 217 Å². The first-order valence-corrected chi connectivity index (χ1v) is 41.2. The predicted octanol–water partition coefficient (Wildman–Crippen LogP) is 16.3. The third-order valence-corrected chi connectivity index (χ3v) is 134. The Labute approximate surface area is 325 Å². The lowest BCUT2D eigenvalue weighted by Crippen LogP contribution is -2.84. The minimum Gasteiger partial charge on any atom is -0.0852 e. The first kappa shape index (κ1) is 49.3. The first-order chi connectivity index (χ1) is 21.3. The van der Waals surface area contributed by atoms with Crippen LogP contribution in [0.2, 0.25) is 72.2 Å². The molecule has 0 aromatic heterocycles. The monoisotopic (exact) mass is 809 g/mol. The second-order valence-corrected chi connectivity index (χ2v) is 82.7. The average Bonchev–Trinajstić information content (AvgIpc) is 3.11. The van der Waals surface area contributed by atoms with Crippen LogP contribution in [-0.2, 0) is 0 Å². The van der Waals surface area contributed by atoms with Gasteiger partial charge in [-0.25, -0.2) is 0 Å². The third kappa shape index (κ3) is 6.97. The highest BCUT2D eigenvalue weighted by Crippen LogP contribution is 2.68. The molecule has 296 valence electrons. The molecule has 0 amide bonds. The van der Waals surface area contributed by atoms with Gasteiger partial charge in [0.2, 0.25) is 0 Å². The van der Waals surface area contributed by atoms with Crippen molar-refractivity contribution in [1.82, 2.24) is 0 Å². The Balaban J connectivity index is 5.67. The molecule has 0 aromatic rings. The molecule has 7 heteroatoms. The summed E-state index contributed by atoms with van der Waals surface area (Å²) in [6.45, 7) is 82.7. The minimum atomic E-state index is -2.22. The van der Waals surface area contributed by atoms with Crippen LogP contribution < -0.4 is 0 Å². The molecule has 1 rings (SSSR count). The molecule has 1 aliphatic heterocycles. The number of hydrogen-bond acceptors (Lipinski definition) is 0. The van der Waals surface area contributed by atoms with Crippen LogP contribution in [0.4, 0.5) is 0 Å². The summed E-state index contributed by atoms with van der Waals surface area (Å²) in [7, 11) is -11.1. The Morgan fingerprint density at radius 3 is 0.920 bits per heavy atom. The molecule has 0 aliphatic carbocycles. The van der Waals surface area contributed by atoms with E-state index in [9.17, 15) is 0 Å². The standard InChI is InChI=1S/C43H96Si7/c1-31-34-35(32-2)50(49(30,42(21,22)23)43(24,25)26,33-46(27,36(3,4)5)37(6,7)8)45(48(29,40(15,16)17)41(18,19)20)44(34)47(28,38(9,10)11)39(12,13)14/h31-33H2,1-30H3/t50-/m0/s1. The van der Waals surface area contributed by atoms with E-state index >= 15 is 0 Å². The fraction of sp³-hybridized carbons (Fsp3) is 0.953. The fourth-order valence-electron chi connectivity index (χ4n) is 12.3. The molecule has 0 aromatic carbocycles. The van der Waals surface area contributed by atoms with E-state index in [0.29, 0.717) is 40.3 Å². The zero-order valence-corrected chi connectivity index (χ0v) is 47.6. The van der Waals surface area contributed by atoms with Gasteiger partial charge >= 0.3 is 0 Å². The van der Waals surface area contributed by atoms with Crippen LogP contribution in [0.1, 0.15) is 193 Å². The van der Waals surface area contributed by atoms with Crippen LogP contribution in [0, 0.1) is 0 Å². The topological polar surface area (TPSA) is 0 Å². The molecule has 0 saturated heterocycles. The van der Waals surface area contributed by atoms with Gasteiger partial charge in [-0.1, -0.05) is 222 Å². The van der Waals surface area contributed by atoms with E-state index in [-0.39, 0.29) is 0 Å². The van der Waals surface area contributed by atoms with Gasteiger partial charge in [-0.15, -0.1) is 0 Å². The molecule has 0 radical (unpaired) electrons. The van der Waals surface area contributed by atoms with Crippen molar-refractivity contribution >= 4 is 52.3 Å². The normalized spacial score (nSPS) is 20.8. The maximum absolute atomic E-state index is 3.10. The summed E-state index contributed by atoms with van der Waals surface area (Å²) < 4.78 is 0. The van der Waals surface area contributed by atoms with Gasteiger partial charge in [0.25, 0.3) is 0 Å². The maximum atomic E-state index is 3.10. The summed E-state index contributed by atoms with van der Waals surface area (Å²) in [5.41, 5.74) is 1.66. The van der Waals surface area contributed by atoms with Crippen molar-refractivity contribution in [3.8, 4) is 0 Å². The highest BCUT2D eigenvalue weighted by molar-refractivity contribution is 7.89. The summed E-state index contributed by atoms with van der Waals surface area (Å²) in [4.78, 5) is 0. The molecule has 1 aliphatic rings. The van der Waals surface area contributed by atoms with Crippen molar-refractivity contribution in [1.29, 1.82) is 0 Å². The Kier molecular flexibility index (Phi) is 13.5. The zero-order chi connectivity index (χ0) is 40.9. The van der Waals surface area contributed by atoms with Crippen molar-refractivity contribution in [2.45, 2.75) is 265 Å². The number of rotatable bonds is 7. The molecule has 0 saturated carbocycles. The van der Waals surface area contributed by atoms with Gasteiger partial charge in [0.15, 0.2) is 0 Å². The van der Waals surface area contributed by atoms with Crippen LogP contribution in [-0.4, -0.2) is 52.3 Å². The van der Waals surface area contributed by atoms with Gasteiger partial charge in [-0.3, -0.25) is 0 Å². The van der Waals surface area contributed by atoms with Crippen molar-refractivity contribution in [3.63, 3.8) is 0 Å². The first-order valence-electron chi connectivity index (χ1n) is 20.8. The van der Waals surface area contributed by atoms with E-state index < -0.39 is 52.3 Å². The molecule has 1 atom stereocenters. The summed E-state index contributed by atoms with van der Waals surface area (Å²) in [6.07, 6.45) is 2.67. The lowest BCUT2D eigenvalue weighted by Gasteiger charge is -2.68. The third-order valence-electron chi connectivity index (χ3n) is 17.3. The van der Waals surface area contributed by atoms with E-state index in [1.54, 1.807) is 5.67 Å². The maximum Gasteiger partial charge on any atom is 0.0764 e. The number of hydrogen-bond donors (Lipinski definition) is 0. The highest BCUT2D eigenvalue weighted by Gasteiger charge is 2.75. The van der Waals surface area contributed by atoms with E-state index in [4.69, 9.17) is 0 Å². The Hall–Kier alpha value is 1.26. The van der Waals surface area contributed by atoms with Crippen molar-refractivity contribution in [3.05, 3.63) is 10.4 Å². The smallest absolute Gasteiger partial charge is 0.0764 e. The summed E-state index contributed by atoms with van der Waals surface area (Å²) >= 11 is 0. The van der Waals surface area contributed by atoms with Crippen LogP contribution >= 0.6 is 0 Å². The van der Waals surface area contributed by atoms with E-state index in [1.165, 1.54) is 12.8 Å². The largest absolute Gasteiger partial charge is 0.0852 e. The molecule has 0 nitrogen and oxygen atoms in total. The molecule has 0 N–H and O–H groups in total. The van der Waals surface area contributed by atoms with Gasteiger partial charge < -0.3 is 0 Å². The van der Waals surface area contributed by atoms with Crippen LogP contribution in [0.3, 0.4) is 0 Å². The van der Waals surface area contributed by atoms with Crippen molar-refractivity contribution in [2.75, 3.05) is 0 Å². The molecule has 0 spiro atoms. The van der Waals surface area contributed by atoms with E-state index in [0.717, 1.165) is 0 Å². The second kappa shape index (κ2) is 13.7. The van der Waals surface area contributed by atoms with Crippen molar-refractivity contribution < 1.29 is 0 Å². The lowest BCUT2D eigenvalue weighted by molar-refractivity contribution is 0.615. The predicted molar refractivity (Wildman–Crippen MR) is 254 cm³/mol. The number of allylic oxidation sites excluding steroid dienone is 2. The molecule has 0 unspecified atom stereocenters. The van der Waals surface area contributed by atoms with Gasteiger partial charge in [-0.05, 0) is 60.1 Å². The molecule has 0 bridgehead atoms. The lowest BCUT2D eigenvalue weighted by atomic mass is 10.2. The minimum absolute atomic E-state index is 0.335. The zero-order valence-electron chi connectivity index (χ0n) is 40.6.